The summed E-state index contributed by atoms with van der Waals surface area (Å²) >= 11 is 12.1. The summed E-state index contributed by atoms with van der Waals surface area (Å²) < 4.78 is 42.0. The highest BCUT2D eigenvalue weighted by Crippen LogP contribution is 2.27. The Morgan fingerprint density at radius 2 is 2.03 bits per heavy atom. The van der Waals surface area contributed by atoms with E-state index in [1.54, 1.807) is 6.07 Å². The second-order valence-corrected chi connectivity index (χ2v) is 7.71. The van der Waals surface area contributed by atoms with Gasteiger partial charge in [-0.2, -0.15) is 13.2 Å². The highest BCUT2D eigenvalue weighted by molar-refractivity contribution is 6.35. The average molecular weight is 476 g/mol. The molecule has 1 aliphatic rings. The van der Waals surface area contributed by atoms with Gasteiger partial charge in [-0.25, -0.2) is 4.98 Å². The van der Waals surface area contributed by atoms with Crippen molar-refractivity contribution in [3.05, 3.63) is 57.7 Å². The molecule has 11 heteroatoms. The first-order valence-electron chi connectivity index (χ1n) is 9.33. The van der Waals surface area contributed by atoms with Crippen LogP contribution in [0.1, 0.15) is 28.8 Å². The van der Waals surface area contributed by atoms with Crippen LogP contribution in [0.4, 0.5) is 13.2 Å². The zero-order chi connectivity index (χ0) is 22.6. The van der Waals surface area contributed by atoms with Gasteiger partial charge in [0.05, 0.1) is 10.6 Å². The summed E-state index contributed by atoms with van der Waals surface area (Å²) in [5, 5.41) is 3.22. The maximum Gasteiger partial charge on any atom is 0.422 e. The summed E-state index contributed by atoms with van der Waals surface area (Å²) in [7, 11) is 0. The fourth-order valence-electron chi connectivity index (χ4n) is 3.24. The number of benzene rings is 1. The number of nitrogens with zero attached hydrogens (tertiary/aromatic N) is 2. The number of halogens is 5. The van der Waals surface area contributed by atoms with Crippen molar-refractivity contribution in [3.8, 4) is 5.88 Å². The topological polar surface area (TPSA) is 71.5 Å². The van der Waals surface area contributed by atoms with Crippen molar-refractivity contribution in [2.75, 3.05) is 13.2 Å². The zero-order valence-electron chi connectivity index (χ0n) is 16.1. The Balaban J connectivity index is 1.67. The van der Waals surface area contributed by atoms with Crippen LogP contribution in [0.2, 0.25) is 10.0 Å². The van der Waals surface area contributed by atoms with Crippen LogP contribution in [0.3, 0.4) is 0 Å². The number of amides is 2. The molecule has 1 saturated heterocycles. The highest BCUT2D eigenvalue weighted by Gasteiger charge is 2.35. The molecule has 0 radical (unpaired) electrons. The minimum Gasteiger partial charge on any atom is -0.468 e. The molecule has 1 atom stereocenters. The Labute approximate surface area is 186 Å². The lowest BCUT2D eigenvalue weighted by molar-refractivity contribution is -0.154. The lowest BCUT2D eigenvalue weighted by Gasteiger charge is -2.24. The summed E-state index contributed by atoms with van der Waals surface area (Å²) in [4.78, 5) is 30.9. The molecule has 3 rings (SSSR count). The van der Waals surface area contributed by atoms with Gasteiger partial charge < -0.3 is 15.0 Å². The standard InChI is InChI=1S/C20H18Cl2F3N3O3/c21-13-5-6-15(22)14(9-13)19(30)28-8-2-4-16(28)17(29)27-10-12-3-1-7-26-18(12)31-11-20(23,24)25/h1,3,5-7,9,16H,2,4,8,10-11H2,(H,27,29). The molecule has 1 N–H and O–H groups in total. The van der Waals surface area contributed by atoms with Crippen LogP contribution in [0.5, 0.6) is 5.88 Å². The number of hydrogen-bond donors (Lipinski definition) is 1. The van der Waals surface area contributed by atoms with Gasteiger partial charge in [-0.15, -0.1) is 0 Å². The van der Waals surface area contributed by atoms with Gasteiger partial charge in [0, 0.05) is 29.9 Å². The van der Waals surface area contributed by atoms with Gasteiger partial charge in [-0.3, -0.25) is 9.59 Å². The van der Waals surface area contributed by atoms with Gasteiger partial charge >= 0.3 is 6.18 Å². The van der Waals surface area contributed by atoms with E-state index < -0.39 is 30.6 Å². The molecule has 1 aromatic carbocycles. The molecular weight excluding hydrogens is 458 g/mol. The fraction of sp³-hybridized carbons (Fsp3) is 0.350. The second kappa shape index (κ2) is 9.74. The summed E-state index contributed by atoms with van der Waals surface area (Å²) in [6, 6.07) is 6.80. The van der Waals surface area contributed by atoms with Crippen LogP contribution in [0.15, 0.2) is 36.5 Å². The molecule has 6 nitrogen and oxygen atoms in total. The minimum atomic E-state index is -4.51. The van der Waals surface area contributed by atoms with E-state index in [-0.39, 0.29) is 28.6 Å². The predicted octanol–water partition coefficient (Wildman–Crippen LogP) is 4.25. The molecule has 0 bridgehead atoms. The zero-order valence-corrected chi connectivity index (χ0v) is 17.6. The smallest absolute Gasteiger partial charge is 0.422 e. The molecule has 0 saturated carbocycles. The number of pyridine rings is 1. The van der Waals surface area contributed by atoms with Crippen LogP contribution in [-0.4, -0.2) is 47.1 Å². The Morgan fingerprint density at radius 1 is 1.26 bits per heavy atom. The maximum atomic E-state index is 12.9. The average Bonchev–Trinajstić information content (AvgIpc) is 3.21. The molecule has 1 unspecified atom stereocenters. The summed E-state index contributed by atoms with van der Waals surface area (Å²) in [5.74, 6) is -1.07. The van der Waals surface area contributed by atoms with E-state index in [1.807, 2.05) is 0 Å². The van der Waals surface area contributed by atoms with Crippen molar-refractivity contribution < 1.29 is 27.5 Å². The largest absolute Gasteiger partial charge is 0.468 e. The first-order valence-corrected chi connectivity index (χ1v) is 10.1. The van der Waals surface area contributed by atoms with E-state index in [0.29, 0.717) is 24.4 Å². The third-order valence-electron chi connectivity index (χ3n) is 4.65. The van der Waals surface area contributed by atoms with Crippen LogP contribution in [-0.2, 0) is 11.3 Å². The number of carbonyl (C=O) groups is 2. The first-order chi connectivity index (χ1) is 14.7. The monoisotopic (exact) mass is 475 g/mol. The van der Waals surface area contributed by atoms with Crippen LogP contribution in [0.25, 0.3) is 0 Å². The normalized spacial score (nSPS) is 16.3. The van der Waals surface area contributed by atoms with E-state index in [9.17, 15) is 22.8 Å². The van der Waals surface area contributed by atoms with Crippen molar-refractivity contribution in [1.29, 1.82) is 0 Å². The SMILES string of the molecule is O=C(NCc1cccnc1OCC(F)(F)F)C1CCCN1C(=O)c1cc(Cl)ccc1Cl. The molecule has 2 amide bonds. The molecule has 31 heavy (non-hydrogen) atoms. The van der Waals surface area contributed by atoms with Crippen molar-refractivity contribution in [1.82, 2.24) is 15.2 Å². The minimum absolute atomic E-state index is 0.101. The van der Waals surface area contributed by atoms with Gasteiger partial charge in [0.2, 0.25) is 11.8 Å². The molecule has 1 aliphatic heterocycles. The quantitative estimate of drug-likeness (QED) is 0.677. The van der Waals surface area contributed by atoms with E-state index in [1.165, 1.54) is 35.4 Å². The lowest BCUT2D eigenvalue weighted by Crippen LogP contribution is -2.45. The van der Waals surface area contributed by atoms with Crippen molar-refractivity contribution in [2.45, 2.75) is 31.6 Å². The number of ether oxygens (including phenoxy) is 1. The molecular formula is C20H18Cl2F3N3O3. The van der Waals surface area contributed by atoms with E-state index >= 15 is 0 Å². The van der Waals surface area contributed by atoms with Gasteiger partial charge in [0.25, 0.3) is 5.91 Å². The van der Waals surface area contributed by atoms with E-state index in [0.717, 1.165) is 0 Å². The van der Waals surface area contributed by atoms with Crippen molar-refractivity contribution in [3.63, 3.8) is 0 Å². The molecule has 1 fully saturated rings. The number of nitrogens with one attached hydrogen (secondary N) is 1. The number of likely N-dealkylation sites (tertiary alicyclic amines) is 1. The molecule has 1 aromatic heterocycles. The molecule has 0 spiro atoms. The van der Waals surface area contributed by atoms with Crippen molar-refractivity contribution >= 4 is 35.0 Å². The summed E-state index contributed by atoms with van der Waals surface area (Å²) in [6.07, 6.45) is -2.15. The summed E-state index contributed by atoms with van der Waals surface area (Å²) in [5.41, 5.74) is 0.484. The molecule has 166 valence electrons. The van der Waals surface area contributed by atoms with Gasteiger partial charge in [0.1, 0.15) is 6.04 Å². The number of rotatable bonds is 6. The molecule has 2 aromatic rings. The van der Waals surface area contributed by atoms with Crippen molar-refractivity contribution in [2.24, 2.45) is 0 Å². The highest BCUT2D eigenvalue weighted by atomic mass is 35.5. The Morgan fingerprint density at radius 3 is 2.77 bits per heavy atom. The molecule has 2 heterocycles. The summed E-state index contributed by atoms with van der Waals surface area (Å²) in [6.45, 7) is -1.22. The van der Waals surface area contributed by atoms with Gasteiger partial charge in [-0.1, -0.05) is 29.3 Å². The Bertz CT molecular complexity index is 972. The molecule has 0 aliphatic carbocycles. The van der Waals surface area contributed by atoms with Gasteiger partial charge in [0.15, 0.2) is 6.61 Å². The number of aromatic nitrogens is 1. The number of carbonyl (C=O) groups excluding carboxylic acids is 2. The van der Waals surface area contributed by atoms with E-state index in [2.05, 4.69) is 10.3 Å². The van der Waals surface area contributed by atoms with Crippen LogP contribution in [0, 0.1) is 0 Å². The number of alkyl halides is 3. The predicted molar refractivity (Wildman–Crippen MR) is 108 cm³/mol. The third-order valence-corrected chi connectivity index (χ3v) is 5.22. The second-order valence-electron chi connectivity index (χ2n) is 6.87. The Hall–Kier alpha value is -2.52. The lowest BCUT2D eigenvalue weighted by atomic mass is 10.1. The maximum absolute atomic E-state index is 12.9. The van der Waals surface area contributed by atoms with Gasteiger partial charge in [-0.05, 0) is 37.1 Å². The Kier molecular flexibility index (Phi) is 7.27. The first kappa shape index (κ1) is 23.1. The van der Waals surface area contributed by atoms with E-state index in [4.69, 9.17) is 27.9 Å². The number of hydrogen-bond acceptors (Lipinski definition) is 4. The third kappa shape index (κ3) is 6.01. The van der Waals surface area contributed by atoms with Crippen LogP contribution >= 0.6 is 23.2 Å². The van der Waals surface area contributed by atoms with Crippen LogP contribution < -0.4 is 10.1 Å². The fourth-order valence-corrected chi connectivity index (χ4v) is 3.61.